The van der Waals surface area contributed by atoms with Crippen LogP contribution < -0.4 is 10.1 Å². The molecule has 1 heterocycles. The minimum Gasteiger partial charge on any atom is -0.497 e. The average Bonchev–Trinajstić information content (AvgIpc) is 2.76. The summed E-state index contributed by atoms with van der Waals surface area (Å²) in [5, 5.41) is 3.84. The van der Waals surface area contributed by atoms with E-state index in [1.54, 1.807) is 18.4 Å². The van der Waals surface area contributed by atoms with E-state index in [4.69, 9.17) is 4.74 Å². The van der Waals surface area contributed by atoms with Crippen molar-refractivity contribution in [3.63, 3.8) is 0 Å². The van der Waals surface area contributed by atoms with E-state index in [0.717, 1.165) is 22.0 Å². The number of methoxy groups -OCH3 is 1. The van der Waals surface area contributed by atoms with E-state index >= 15 is 0 Å². The Labute approximate surface area is 122 Å². The normalized spacial score (nSPS) is 10.3. The summed E-state index contributed by atoms with van der Waals surface area (Å²) in [6, 6.07) is 7.51. The van der Waals surface area contributed by atoms with Crippen molar-refractivity contribution in [2.24, 2.45) is 0 Å². The lowest BCUT2D eigenvalue weighted by molar-refractivity contribution is -0.120. The van der Waals surface area contributed by atoms with E-state index in [2.05, 4.69) is 10.3 Å². The highest BCUT2D eigenvalue weighted by atomic mass is 32.1. The van der Waals surface area contributed by atoms with Gasteiger partial charge in [-0.05, 0) is 31.5 Å². The van der Waals surface area contributed by atoms with Crippen LogP contribution in [-0.2, 0) is 17.8 Å². The van der Waals surface area contributed by atoms with Gasteiger partial charge in [-0.2, -0.15) is 0 Å². The molecule has 0 aliphatic heterocycles. The maximum Gasteiger partial charge on any atom is 0.224 e. The fourth-order valence-corrected chi connectivity index (χ4v) is 2.65. The van der Waals surface area contributed by atoms with Crippen molar-refractivity contribution in [3.8, 4) is 5.75 Å². The summed E-state index contributed by atoms with van der Waals surface area (Å²) >= 11 is 1.63. The maximum absolute atomic E-state index is 11.9. The van der Waals surface area contributed by atoms with Crippen molar-refractivity contribution in [2.75, 3.05) is 7.11 Å². The molecule has 0 saturated carbocycles. The second-order valence-electron chi connectivity index (χ2n) is 4.55. The van der Waals surface area contributed by atoms with Gasteiger partial charge in [0.25, 0.3) is 0 Å². The lowest BCUT2D eigenvalue weighted by atomic mass is 10.1. The molecule has 2 rings (SSSR count). The van der Waals surface area contributed by atoms with Gasteiger partial charge in [0.15, 0.2) is 0 Å². The lowest BCUT2D eigenvalue weighted by Gasteiger charge is -2.04. The van der Waals surface area contributed by atoms with E-state index < -0.39 is 0 Å². The summed E-state index contributed by atoms with van der Waals surface area (Å²) in [5.41, 5.74) is 2.00. The summed E-state index contributed by atoms with van der Waals surface area (Å²) in [5.74, 6) is 0.795. The first-order chi connectivity index (χ1) is 9.58. The number of hydrogen-bond donors (Lipinski definition) is 1. The molecule has 0 radical (unpaired) electrons. The van der Waals surface area contributed by atoms with Gasteiger partial charge in [0.1, 0.15) is 10.8 Å². The van der Waals surface area contributed by atoms with Gasteiger partial charge in [-0.15, -0.1) is 11.3 Å². The Morgan fingerprint density at radius 3 is 2.55 bits per heavy atom. The number of carbonyl (C=O) groups is 1. The van der Waals surface area contributed by atoms with Crippen LogP contribution in [-0.4, -0.2) is 18.0 Å². The second-order valence-corrected chi connectivity index (χ2v) is 5.84. The Kier molecular flexibility index (Phi) is 4.74. The zero-order valence-electron chi connectivity index (χ0n) is 11.9. The third-order valence-electron chi connectivity index (χ3n) is 3.03. The Balaban J connectivity index is 1.85. The maximum atomic E-state index is 11.9. The van der Waals surface area contributed by atoms with Gasteiger partial charge in [-0.3, -0.25) is 4.79 Å². The number of nitrogens with one attached hydrogen (secondary N) is 1. The third-order valence-corrected chi connectivity index (χ3v) is 4.11. The molecule has 1 aromatic heterocycles. The van der Waals surface area contributed by atoms with Crippen LogP contribution in [0.5, 0.6) is 5.75 Å². The highest BCUT2D eigenvalue weighted by Gasteiger charge is 2.07. The van der Waals surface area contributed by atoms with Gasteiger partial charge in [-0.1, -0.05) is 12.1 Å². The Hall–Kier alpha value is -1.88. The van der Waals surface area contributed by atoms with Gasteiger partial charge < -0.3 is 10.1 Å². The standard InChI is InChI=1S/C15H18N2O2S/c1-10-11(2)20-15(17-10)9-16-14(18)8-12-4-6-13(19-3)7-5-12/h4-7H,8-9H2,1-3H3,(H,16,18). The number of amides is 1. The van der Waals surface area contributed by atoms with E-state index in [9.17, 15) is 4.79 Å². The second kappa shape index (κ2) is 6.52. The summed E-state index contributed by atoms with van der Waals surface area (Å²) in [4.78, 5) is 17.5. The number of ether oxygens (including phenoxy) is 1. The smallest absolute Gasteiger partial charge is 0.224 e. The van der Waals surface area contributed by atoms with Crippen LogP contribution in [0.2, 0.25) is 0 Å². The molecule has 0 aliphatic rings. The van der Waals surface area contributed by atoms with Crippen molar-refractivity contribution < 1.29 is 9.53 Å². The summed E-state index contributed by atoms with van der Waals surface area (Å²) in [6.07, 6.45) is 0.368. The highest BCUT2D eigenvalue weighted by molar-refractivity contribution is 7.11. The molecule has 1 aromatic carbocycles. The predicted molar refractivity (Wildman–Crippen MR) is 80.1 cm³/mol. The number of nitrogens with zero attached hydrogens (tertiary/aromatic N) is 1. The average molecular weight is 290 g/mol. The molecule has 2 aromatic rings. The SMILES string of the molecule is COc1ccc(CC(=O)NCc2nc(C)c(C)s2)cc1. The Morgan fingerprint density at radius 2 is 2.00 bits per heavy atom. The van der Waals surface area contributed by atoms with Crippen LogP contribution >= 0.6 is 11.3 Å². The topological polar surface area (TPSA) is 51.2 Å². The number of thiazole rings is 1. The molecular weight excluding hydrogens is 272 g/mol. The number of rotatable bonds is 5. The fraction of sp³-hybridized carbons (Fsp3) is 0.333. The Bertz CT molecular complexity index is 571. The molecule has 0 aliphatic carbocycles. The molecule has 0 unspecified atom stereocenters. The fourth-order valence-electron chi connectivity index (χ4n) is 1.78. The van der Waals surface area contributed by atoms with E-state index in [1.165, 1.54) is 4.88 Å². The van der Waals surface area contributed by atoms with Gasteiger partial charge >= 0.3 is 0 Å². The monoisotopic (exact) mass is 290 g/mol. The molecule has 0 bridgehead atoms. The predicted octanol–water partition coefficient (Wildman–Crippen LogP) is 2.63. The van der Waals surface area contributed by atoms with E-state index in [-0.39, 0.29) is 5.91 Å². The van der Waals surface area contributed by atoms with Crippen LogP contribution in [0.25, 0.3) is 0 Å². The number of aryl methyl sites for hydroxylation is 2. The van der Waals surface area contributed by atoms with Crippen LogP contribution in [0.1, 0.15) is 21.1 Å². The van der Waals surface area contributed by atoms with Crippen molar-refractivity contribution in [1.82, 2.24) is 10.3 Å². The summed E-state index contributed by atoms with van der Waals surface area (Å²) in [7, 11) is 1.62. The Morgan fingerprint density at radius 1 is 1.30 bits per heavy atom. The molecule has 0 spiro atoms. The van der Waals surface area contributed by atoms with Crippen molar-refractivity contribution in [1.29, 1.82) is 0 Å². The first kappa shape index (κ1) is 14.5. The van der Waals surface area contributed by atoms with Crippen molar-refractivity contribution in [3.05, 3.63) is 45.4 Å². The minimum absolute atomic E-state index is 0.000623. The zero-order valence-corrected chi connectivity index (χ0v) is 12.7. The molecule has 4 nitrogen and oxygen atoms in total. The third kappa shape index (κ3) is 3.81. The van der Waals surface area contributed by atoms with Crippen LogP contribution in [0.15, 0.2) is 24.3 Å². The number of carbonyl (C=O) groups excluding carboxylic acids is 1. The lowest BCUT2D eigenvalue weighted by Crippen LogP contribution is -2.24. The quantitative estimate of drug-likeness (QED) is 0.921. The van der Waals surface area contributed by atoms with Gasteiger partial charge in [0, 0.05) is 4.88 Å². The first-order valence-electron chi connectivity index (χ1n) is 6.41. The molecule has 106 valence electrons. The number of aromatic nitrogens is 1. The molecule has 1 N–H and O–H groups in total. The zero-order chi connectivity index (χ0) is 14.5. The largest absolute Gasteiger partial charge is 0.497 e. The molecule has 1 amide bonds. The van der Waals surface area contributed by atoms with Gasteiger partial charge in [0.2, 0.25) is 5.91 Å². The molecule has 20 heavy (non-hydrogen) atoms. The first-order valence-corrected chi connectivity index (χ1v) is 7.22. The van der Waals surface area contributed by atoms with E-state index in [1.807, 2.05) is 38.1 Å². The van der Waals surface area contributed by atoms with Crippen LogP contribution in [0.3, 0.4) is 0 Å². The van der Waals surface area contributed by atoms with Gasteiger partial charge in [0.05, 0.1) is 25.8 Å². The van der Waals surface area contributed by atoms with E-state index in [0.29, 0.717) is 13.0 Å². The summed E-state index contributed by atoms with van der Waals surface area (Å²) < 4.78 is 5.09. The highest BCUT2D eigenvalue weighted by Crippen LogP contribution is 2.16. The van der Waals surface area contributed by atoms with Crippen molar-refractivity contribution >= 4 is 17.2 Å². The number of benzene rings is 1. The van der Waals surface area contributed by atoms with Crippen molar-refractivity contribution in [2.45, 2.75) is 26.8 Å². The van der Waals surface area contributed by atoms with Crippen LogP contribution in [0, 0.1) is 13.8 Å². The van der Waals surface area contributed by atoms with Gasteiger partial charge in [-0.25, -0.2) is 4.98 Å². The number of hydrogen-bond acceptors (Lipinski definition) is 4. The van der Waals surface area contributed by atoms with Crippen LogP contribution in [0.4, 0.5) is 0 Å². The molecule has 0 atom stereocenters. The minimum atomic E-state index is 0.000623. The molecular formula is C15H18N2O2S. The molecule has 0 fully saturated rings. The molecule has 5 heteroatoms. The summed E-state index contributed by atoms with van der Waals surface area (Å²) in [6.45, 7) is 4.51. The molecule has 0 saturated heterocycles.